The Labute approximate surface area is 53.6 Å². The Kier molecular flexibility index (Phi) is 3.43. The lowest BCUT2D eigenvalue weighted by Gasteiger charge is -2.05. The Hall–Kier alpha value is -1.06. The zero-order valence-corrected chi connectivity index (χ0v) is 5.39. The molecular formula is C5H9N2O2. The highest BCUT2D eigenvalue weighted by molar-refractivity contribution is 5.82. The molecule has 1 unspecified atom stereocenters. The molecule has 2 amide bonds. The zero-order valence-electron chi connectivity index (χ0n) is 5.39. The van der Waals surface area contributed by atoms with Crippen molar-refractivity contribution in [1.82, 2.24) is 10.6 Å². The van der Waals surface area contributed by atoms with Crippen LogP contribution < -0.4 is 10.6 Å². The Bertz CT molecular complexity index is 114. The van der Waals surface area contributed by atoms with Crippen LogP contribution in [0.2, 0.25) is 0 Å². The molecule has 0 fully saturated rings. The van der Waals surface area contributed by atoms with Crippen molar-refractivity contribution >= 4 is 12.3 Å². The average Bonchev–Trinajstić information content (AvgIpc) is 1.87. The van der Waals surface area contributed by atoms with Crippen LogP contribution in [0.25, 0.3) is 0 Å². The molecule has 0 aromatic heterocycles. The highest BCUT2D eigenvalue weighted by Gasteiger charge is 2.07. The Morgan fingerprint density at radius 2 is 2.22 bits per heavy atom. The number of likely N-dealkylation sites (N-methyl/N-ethyl adjacent to an activating group) is 1. The molecule has 0 aromatic rings. The highest BCUT2D eigenvalue weighted by Crippen LogP contribution is 1.75. The lowest BCUT2D eigenvalue weighted by Crippen LogP contribution is -2.39. The van der Waals surface area contributed by atoms with Gasteiger partial charge in [0.25, 0.3) is 0 Å². The number of rotatable bonds is 3. The Morgan fingerprint density at radius 1 is 1.67 bits per heavy atom. The molecule has 0 aliphatic heterocycles. The van der Waals surface area contributed by atoms with E-state index in [4.69, 9.17) is 0 Å². The van der Waals surface area contributed by atoms with Gasteiger partial charge in [-0.15, -0.1) is 0 Å². The monoisotopic (exact) mass is 129 g/mol. The second kappa shape index (κ2) is 3.88. The van der Waals surface area contributed by atoms with E-state index in [1.165, 1.54) is 13.5 Å². The molecule has 0 aliphatic rings. The summed E-state index contributed by atoms with van der Waals surface area (Å²) in [6.45, 7) is 1.57. The molecule has 0 saturated carbocycles. The van der Waals surface area contributed by atoms with Crippen molar-refractivity contribution in [3.8, 4) is 0 Å². The average molecular weight is 129 g/mol. The second-order valence-corrected chi connectivity index (χ2v) is 1.58. The topological polar surface area (TPSA) is 58.2 Å². The Balaban J connectivity index is 3.58. The lowest BCUT2D eigenvalue weighted by molar-refractivity contribution is -0.121. The summed E-state index contributed by atoms with van der Waals surface area (Å²) < 4.78 is 0. The van der Waals surface area contributed by atoms with Gasteiger partial charge in [0, 0.05) is 7.05 Å². The summed E-state index contributed by atoms with van der Waals surface area (Å²) in [5.41, 5.74) is 0. The summed E-state index contributed by atoms with van der Waals surface area (Å²) >= 11 is 0. The first-order chi connectivity index (χ1) is 4.22. The van der Waals surface area contributed by atoms with Crippen molar-refractivity contribution in [2.24, 2.45) is 0 Å². The van der Waals surface area contributed by atoms with Crippen LogP contribution >= 0.6 is 0 Å². The van der Waals surface area contributed by atoms with Gasteiger partial charge in [-0.3, -0.25) is 9.59 Å². The predicted octanol–water partition coefficient (Wildman–Crippen LogP) is -1.22. The van der Waals surface area contributed by atoms with Gasteiger partial charge in [0.1, 0.15) is 6.04 Å². The maximum atomic E-state index is 10.5. The summed E-state index contributed by atoms with van der Waals surface area (Å²) in [7, 11) is 1.51. The third-order valence-electron chi connectivity index (χ3n) is 0.915. The summed E-state index contributed by atoms with van der Waals surface area (Å²) in [6.07, 6.45) is 1.42. The Morgan fingerprint density at radius 3 is 2.56 bits per heavy atom. The van der Waals surface area contributed by atoms with E-state index >= 15 is 0 Å². The van der Waals surface area contributed by atoms with Crippen LogP contribution in [0.15, 0.2) is 0 Å². The molecule has 0 saturated heterocycles. The molecule has 0 bridgehead atoms. The molecule has 1 atom stereocenters. The minimum absolute atomic E-state index is 0.224. The fourth-order valence-electron chi connectivity index (χ4n) is 0.370. The van der Waals surface area contributed by atoms with E-state index in [2.05, 4.69) is 10.6 Å². The molecule has 0 spiro atoms. The van der Waals surface area contributed by atoms with E-state index in [-0.39, 0.29) is 5.91 Å². The van der Waals surface area contributed by atoms with Gasteiger partial charge in [-0.2, -0.15) is 0 Å². The van der Waals surface area contributed by atoms with Crippen LogP contribution in [0.4, 0.5) is 0 Å². The maximum Gasteiger partial charge on any atom is 0.309 e. The predicted molar refractivity (Wildman–Crippen MR) is 32.4 cm³/mol. The standard InChI is InChI=1S/C5H9N2O2/c1-4(7-3-8)5(9)6-2/h4H,1-2H3,(H,6,9)(H,7,8). The molecule has 2 N–H and O–H groups in total. The normalized spacial score (nSPS) is 11.8. The molecule has 0 heterocycles. The second-order valence-electron chi connectivity index (χ2n) is 1.58. The van der Waals surface area contributed by atoms with Gasteiger partial charge in [0.15, 0.2) is 0 Å². The van der Waals surface area contributed by atoms with Crippen LogP contribution in [0.5, 0.6) is 0 Å². The van der Waals surface area contributed by atoms with Crippen LogP contribution in [0, 0.1) is 0 Å². The summed E-state index contributed by atoms with van der Waals surface area (Å²) in [5.74, 6) is -0.224. The van der Waals surface area contributed by atoms with Crippen molar-refractivity contribution in [3.05, 3.63) is 0 Å². The summed E-state index contributed by atoms with van der Waals surface area (Å²) in [5, 5.41) is 4.55. The molecule has 0 aromatic carbocycles. The quantitative estimate of drug-likeness (QED) is 0.469. The lowest BCUT2D eigenvalue weighted by atomic mass is 10.3. The molecule has 1 radical (unpaired) electrons. The van der Waals surface area contributed by atoms with Gasteiger partial charge in [-0.05, 0) is 6.92 Å². The molecule has 4 heteroatoms. The van der Waals surface area contributed by atoms with Gasteiger partial charge in [-0.25, -0.2) is 0 Å². The first-order valence-electron chi connectivity index (χ1n) is 2.56. The highest BCUT2D eigenvalue weighted by atomic mass is 16.2. The van der Waals surface area contributed by atoms with Crippen LogP contribution in [0.3, 0.4) is 0 Å². The fraction of sp³-hybridized carbons (Fsp3) is 0.600. The van der Waals surface area contributed by atoms with Crippen molar-refractivity contribution in [3.63, 3.8) is 0 Å². The van der Waals surface area contributed by atoms with Crippen LogP contribution in [0.1, 0.15) is 6.92 Å². The number of nitrogens with one attached hydrogen (secondary N) is 2. The molecule has 0 aliphatic carbocycles. The van der Waals surface area contributed by atoms with Crippen molar-refractivity contribution in [2.75, 3.05) is 7.05 Å². The minimum Gasteiger partial charge on any atom is -0.357 e. The van der Waals surface area contributed by atoms with E-state index in [1.54, 1.807) is 6.92 Å². The SMILES string of the molecule is CNC(=O)C(C)N[C]=O. The number of hydrogen-bond donors (Lipinski definition) is 2. The van der Waals surface area contributed by atoms with Crippen molar-refractivity contribution < 1.29 is 9.59 Å². The van der Waals surface area contributed by atoms with Gasteiger partial charge >= 0.3 is 6.41 Å². The van der Waals surface area contributed by atoms with Crippen molar-refractivity contribution in [2.45, 2.75) is 13.0 Å². The molecule has 51 valence electrons. The van der Waals surface area contributed by atoms with E-state index in [0.717, 1.165) is 0 Å². The smallest absolute Gasteiger partial charge is 0.309 e. The molecule has 4 nitrogen and oxygen atoms in total. The van der Waals surface area contributed by atoms with Crippen LogP contribution in [-0.2, 0) is 9.59 Å². The van der Waals surface area contributed by atoms with Crippen molar-refractivity contribution in [1.29, 1.82) is 0 Å². The summed E-state index contributed by atoms with van der Waals surface area (Å²) in [6, 6.07) is -0.493. The number of carbonyl (C=O) groups excluding carboxylic acids is 2. The van der Waals surface area contributed by atoms with Gasteiger partial charge in [-0.1, -0.05) is 0 Å². The zero-order chi connectivity index (χ0) is 7.28. The third kappa shape index (κ3) is 2.69. The maximum absolute atomic E-state index is 10.5. The fourth-order valence-corrected chi connectivity index (χ4v) is 0.370. The first kappa shape index (κ1) is 7.94. The first-order valence-corrected chi connectivity index (χ1v) is 2.56. The van der Waals surface area contributed by atoms with E-state index in [1.807, 2.05) is 0 Å². The molecular weight excluding hydrogens is 120 g/mol. The summed E-state index contributed by atoms with van der Waals surface area (Å²) in [4.78, 5) is 20.2. The van der Waals surface area contributed by atoms with E-state index in [0.29, 0.717) is 0 Å². The number of amides is 2. The van der Waals surface area contributed by atoms with E-state index in [9.17, 15) is 9.59 Å². The van der Waals surface area contributed by atoms with Gasteiger partial charge < -0.3 is 10.6 Å². The number of carbonyl (C=O) groups is 1. The van der Waals surface area contributed by atoms with Gasteiger partial charge in [0.05, 0.1) is 0 Å². The molecule has 0 rings (SSSR count). The molecule has 9 heavy (non-hydrogen) atoms. The van der Waals surface area contributed by atoms with E-state index < -0.39 is 6.04 Å². The third-order valence-corrected chi connectivity index (χ3v) is 0.915. The largest absolute Gasteiger partial charge is 0.357 e. The van der Waals surface area contributed by atoms with Crippen LogP contribution in [-0.4, -0.2) is 25.4 Å². The number of hydrogen-bond acceptors (Lipinski definition) is 2. The van der Waals surface area contributed by atoms with Gasteiger partial charge in [0.2, 0.25) is 5.91 Å². The minimum atomic E-state index is -0.493.